The van der Waals surface area contributed by atoms with Crippen LogP contribution >= 0.6 is 0 Å². The zero-order chi connectivity index (χ0) is 12.0. The Morgan fingerprint density at radius 2 is 2.38 bits per heavy atom. The summed E-state index contributed by atoms with van der Waals surface area (Å²) in [6, 6.07) is 0.0837. The first-order valence-corrected chi connectivity index (χ1v) is 5.21. The smallest absolute Gasteiger partial charge is 0.307 e. The zero-order valence-electron chi connectivity index (χ0n) is 9.82. The number of esters is 1. The summed E-state index contributed by atoms with van der Waals surface area (Å²) in [5.41, 5.74) is 0. The maximum atomic E-state index is 11.0. The van der Waals surface area contributed by atoms with E-state index in [2.05, 4.69) is 20.2 Å². The molecular formula is C10H17N3O3. The van der Waals surface area contributed by atoms with Crippen LogP contribution < -0.4 is 5.32 Å². The molecule has 0 amide bonds. The third kappa shape index (κ3) is 4.39. The van der Waals surface area contributed by atoms with Crippen LogP contribution in [0.5, 0.6) is 0 Å². The Morgan fingerprint density at radius 3 is 2.94 bits per heavy atom. The third-order valence-electron chi connectivity index (χ3n) is 2.11. The molecule has 0 saturated carbocycles. The molecule has 1 N–H and O–H groups in total. The normalized spacial score (nSPS) is 12.4. The third-order valence-corrected chi connectivity index (χ3v) is 2.11. The molecule has 0 spiro atoms. The number of hydrogen-bond acceptors (Lipinski definition) is 6. The summed E-state index contributed by atoms with van der Waals surface area (Å²) in [7, 11) is 1.39. The molecule has 1 aromatic heterocycles. The van der Waals surface area contributed by atoms with Gasteiger partial charge in [0.1, 0.15) is 0 Å². The molecule has 0 aromatic carbocycles. The molecule has 1 unspecified atom stereocenters. The van der Waals surface area contributed by atoms with Crippen LogP contribution in [0.2, 0.25) is 0 Å². The van der Waals surface area contributed by atoms with E-state index in [-0.39, 0.29) is 12.0 Å². The van der Waals surface area contributed by atoms with Crippen LogP contribution in [0.1, 0.15) is 25.1 Å². The molecule has 0 fully saturated rings. The van der Waals surface area contributed by atoms with Crippen molar-refractivity contribution in [2.24, 2.45) is 0 Å². The maximum absolute atomic E-state index is 11.0. The highest BCUT2D eigenvalue weighted by atomic mass is 16.5. The van der Waals surface area contributed by atoms with Crippen LogP contribution in [0.4, 0.5) is 0 Å². The van der Waals surface area contributed by atoms with Crippen molar-refractivity contribution in [1.29, 1.82) is 0 Å². The molecule has 0 aliphatic carbocycles. The second kappa shape index (κ2) is 6.22. The van der Waals surface area contributed by atoms with Crippen molar-refractivity contribution in [1.82, 2.24) is 15.5 Å². The number of aromatic nitrogens is 2. The number of aryl methyl sites for hydroxylation is 1. The summed E-state index contributed by atoms with van der Waals surface area (Å²) >= 11 is 0. The van der Waals surface area contributed by atoms with Gasteiger partial charge in [-0.25, -0.2) is 0 Å². The second-order valence-electron chi connectivity index (χ2n) is 3.62. The standard InChI is InChI=1S/C10H17N3O3/c1-7(6-10(14)15-3)11-5-4-9-12-8(2)16-13-9/h7,11H,4-6H2,1-3H3. The highest BCUT2D eigenvalue weighted by molar-refractivity contribution is 5.69. The number of carbonyl (C=O) groups excluding carboxylic acids is 1. The van der Waals surface area contributed by atoms with E-state index < -0.39 is 0 Å². The number of nitrogens with one attached hydrogen (secondary N) is 1. The average Bonchev–Trinajstić information content (AvgIpc) is 2.64. The zero-order valence-corrected chi connectivity index (χ0v) is 9.82. The van der Waals surface area contributed by atoms with E-state index in [1.807, 2.05) is 6.92 Å². The molecule has 1 heterocycles. The quantitative estimate of drug-likeness (QED) is 0.711. The van der Waals surface area contributed by atoms with Gasteiger partial charge < -0.3 is 14.6 Å². The van der Waals surface area contributed by atoms with E-state index in [4.69, 9.17) is 4.52 Å². The van der Waals surface area contributed by atoms with E-state index in [1.54, 1.807) is 6.92 Å². The summed E-state index contributed by atoms with van der Waals surface area (Å²) in [4.78, 5) is 15.0. The van der Waals surface area contributed by atoms with Crippen LogP contribution in [0.15, 0.2) is 4.52 Å². The van der Waals surface area contributed by atoms with Crippen molar-refractivity contribution in [3.63, 3.8) is 0 Å². The fourth-order valence-corrected chi connectivity index (χ4v) is 1.28. The van der Waals surface area contributed by atoms with Gasteiger partial charge in [-0.15, -0.1) is 0 Å². The van der Waals surface area contributed by atoms with E-state index in [9.17, 15) is 4.79 Å². The Balaban J connectivity index is 2.17. The van der Waals surface area contributed by atoms with E-state index in [0.717, 1.165) is 0 Å². The van der Waals surface area contributed by atoms with Crippen molar-refractivity contribution in [2.75, 3.05) is 13.7 Å². The van der Waals surface area contributed by atoms with E-state index in [0.29, 0.717) is 31.1 Å². The summed E-state index contributed by atoms with van der Waals surface area (Å²) in [6.45, 7) is 4.39. The SMILES string of the molecule is COC(=O)CC(C)NCCc1noc(C)n1. The number of ether oxygens (including phenoxy) is 1. The second-order valence-corrected chi connectivity index (χ2v) is 3.62. The topological polar surface area (TPSA) is 77.2 Å². The highest BCUT2D eigenvalue weighted by Crippen LogP contribution is 1.97. The first-order chi connectivity index (χ1) is 7.61. The van der Waals surface area contributed by atoms with Gasteiger partial charge in [0.05, 0.1) is 13.5 Å². The van der Waals surface area contributed by atoms with Gasteiger partial charge in [0.15, 0.2) is 5.82 Å². The highest BCUT2D eigenvalue weighted by Gasteiger charge is 2.08. The van der Waals surface area contributed by atoms with Crippen molar-refractivity contribution in [3.05, 3.63) is 11.7 Å². The van der Waals surface area contributed by atoms with Crippen molar-refractivity contribution >= 4 is 5.97 Å². The van der Waals surface area contributed by atoms with Gasteiger partial charge in [-0.1, -0.05) is 5.16 Å². The van der Waals surface area contributed by atoms with Crippen molar-refractivity contribution < 1.29 is 14.1 Å². The molecule has 16 heavy (non-hydrogen) atoms. The molecule has 0 saturated heterocycles. The van der Waals surface area contributed by atoms with Crippen LogP contribution in [0.25, 0.3) is 0 Å². The summed E-state index contributed by atoms with van der Waals surface area (Å²) in [5.74, 6) is 1.03. The predicted molar refractivity (Wildman–Crippen MR) is 56.8 cm³/mol. The average molecular weight is 227 g/mol. The Morgan fingerprint density at radius 1 is 1.62 bits per heavy atom. The molecule has 90 valence electrons. The minimum Gasteiger partial charge on any atom is -0.469 e. The molecular weight excluding hydrogens is 210 g/mol. The van der Waals surface area contributed by atoms with Crippen molar-refractivity contribution in [2.45, 2.75) is 32.7 Å². The first-order valence-electron chi connectivity index (χ1n) is 5.21. The van der Waals surface area contributed by atoms with Gasteiger partial charge in [-0.2, -0.15) is 4.98 Å². The molecule has 1 atom stereocenters. The van der Waals surface area contributed by atoms with Gasteiger partial charge in [-0.3, -0.25) is 4.79 Å². The Bertz CT molecular complexity index is 338. The summed E-state index contributed by atoms with van der Waals surface area (Å²) in [5, 5.41) is 6.96. The van der Waals surface area contributed by atoms with Gasteiger partial charge in [0.25, 0.3) is 0 Å². The molecule has 6 heteroatoms. The van der Waals surface area contributed by atoms with E-state index in [1.165, 1.54) is 7.11 Å². The first kappa shape index (κ1) is 12.6. The lowest BCUT2D eigenvalue weighted by Crippen LogP contribution is -2.30. The summed E-state index contributed by atoms with van der Waals surface area (Å²) in [6.07, 6.45) is 1.05. The Hall–Kier alpha value is -1.43. The fraction of sp³-hybridized carbons (Fsp3) is 0.700. The summed E-state index contributed by atoms with van der Waals surface area (Å²) < 4.78 is 9.41. The van der Waals surface area contributed by atoms with Gasteiger partial charge >= 0.3 is 5.97 Å². The lowest BCUT2D eigenvalue weighted by molar-refractivity contribution is -0.141. The van der Waals surface area contributed by atoms with Gasteiger partial charge in [0.2, 0.25) is 5.89 Å². The number of rotatable bonds is 6. The van der Waals surface area contributed by atoms with Gasteiger partial charge in [0, 0.05) is 25.9 Å². The Kier molecular flexibility index (Phi) is 4.91. The number of nitrogens with zero attached hydrogens (tertiary/aromatic N) is 2. The Labute approximate surface area is 94.4 Å². The number of methoxy groups -OCH3 is 1. The predicted octanol–water partition coefficient (Wildman–Crippen LogP) is 0.462. The molecule has 0 bridgehead atoms. The molecule has 1 rings (SSSR count). The lowest BCUT2D eigenvalue weighted by atomic mass is 10.2. The van der Waals surface area contributed by atoms with Gasteiger partial charge in [-0.05, 0) is 6.92 Å². The monoisotopic (exact) mass is 227 g/mol. The minimum atomic E-state index is -0.213. The molecule has 0 radical (unpaired) electrons. The lowest BCUT2D eigenvalue weighted by Gasteiger charge is -2.10. The number of carbonyl (C=O) groups is 1. The molecule has 0 aliphatic rings. The van der Waals surface area contributed by atoms with Crippen LogP contribution in [0.3, 0.4) is 0 Å². The largest absolute Gasteiger partial charge is 0.469 e. The van der Waals surface area contributed by atoms with Crippen LogP contribution in [-0.2, 0) is 16.0 Å². The van der Waals surface area contributed by atoms with Crippen molar-refractivity contribution in [3.8, 4) is 0 Å². The van der Waals surface area contributed by atoms with Crippen LogP contribution in [0, 0.1) is 6.92 Å². The minimum absolute atomic E-state index is 0.0837. The van der Waals surface area contributed by atoms with Crippen LogP contribution in [-0.4, -0.2) is 35.8 Å². The fourth-order valence-electron chi connectivity index (χ4n) is 1.28. The van der Waals surface area contributed by atoms with E-state index >= 15 is 0 Å². The molecule has 6 nitrogen and oxygen atoms in total. The number of hydrogen-bond donors (Lipinski definition) is 1. The molecule has 0 aliphatic heterocycles. The maximum Gasteiger partial charge on any atom is 0.307 e. The molecule has 1 aromatic rings.